The second-order valence-electron chi connectivity index (χ2n) is 4.18. The number of hydrogen-bond acceptors (Lipinski definition) is 3. The van der Waals surface area contributed by atoms with Crippen molar-refractivity contribution in [3.05, 3.63) is 23.8 Å². The van der Waals surface area contributed by atoms with Crippen molar-refractivity contribution in [2.75, 3.05) is 0 Å². The van der Waals surface area contributed by atoms with E-state index in [1.807, 2.05) is 0 Å². The molecule has 0 aromatic heterocycles. The molecule has 88 valence electrons. The number of hydrogen-bond donors (Lipinski definition) is 2. The van der Waals surface area contributed by atoms with Crippen LogP contribution < -0.4 is 0 Å². The van der Waals surface area contributed by atoms with Crippen molar-refractivity contribution in [2.24, 2.45) is 5.92 Å². The first kappa shape index (κ1) is 12.6. The lowest BCUT2D eigenvalue weighted by atomic mass is 9.98. The Morgan fingerprint density at radius 3 is 2.56 bits per heavy atom. The van der Waals surface area contributed by atoms with Gasteiger partial charge in [-0.1, -0.05) is 20.3 Å². The van der Waals surface area contributed by atoms with Crippen LogP contribution in [0, 0.1) is 5.92 Å². The summed E-state index contributed by atoms with van der Waals surface area (Å²) in [5, 5.41) is 18.4. The van der Waals surface area contributed by atoms with Gasteiger partial charge < -0.3 is 10.2 Å². The van der Waals surface area contributed by atoms with Crippen molar-refractivity contribution in [3.63, 3.8) is 0 Å². The lowest BCUT2D eigenvalue weighted by molar-refractivity contribution is 0.0974. The number of phenols is 2. The molecule has 0 saturated heterocycles. The minimum Gasteiger partial charge on any atom is -0.504 e. The van der Waals surface area contributed by atoms with Gasteiger partial charge in [-0.25, -0.2) is 0 Å². The predicted molar refractivity (Wildman–Crippen MR) is 62.8 cm³/mol. The van der Waals surface area contributed by atoms with Crippen LogP contribution in [-0.4, -0.2) is 16.0 Å². The average molecular weight is 222 g/mol. The molecule has 0 radical (unpaired) electrons. The molecule has 2 N–H and O–H groups in total. The monoisotopic (exact) mass is 222 g/mol. The van der Waals surface area contributed by atoms with Gasteiger partial charge in [0, 0.05) is 12.0 Å². The van der Waals surface area contributed by atoms with Crippen LogP contribution >= 0.6 is 0 Å². The Balaban J connectivity index is 2.63. The Kier molecular flexibility index (Phi) is 4.35. The van der Waals surface area contributed by atoms with E-state index >= 15 is 0 Å². The van der Waals surface area contributed by atoms with Gasteiger partial charge in [0.1, 0.15) is 0 Å². The minimum absolute atomic E-state index is 0.00981. The van der Waals surface area contributed by atoms with Gasteiger partial charge in [-0.15, -0.1) is 0 Å². The summed E-state index contributed by atoms with van der Waals surface area (Å²) in [6.45, 7) is 4.21. The van der Waals surface area contributed by atoms with Crippen molar-refractivity contribution in [1.82, 2.24) is 0 Å². The van der Waals surface area contributed by atoms with Gasteiger partial charge in [-0.05, 0) is 30.5 Å². The molecule has 1 rings (SSSR count). The Hall–Kier alpha value is -1.51. The predicted octanol–water partition coefficient (Wildman–Crippen LogP) is 3.11. The number of Topliss-reactive ketones (excluding diaryl/α,β-unsaturated/α-hetero) is 1. The molecule has 0 aliphatic rings. The van der Waals surface area contributed by atoms with Crippen LogP contribution in [0.3, 0.4) is 0 Å². The second-order valence-corrected chi connectivity index (χ2v) is 4.18. The van der Waals surface area contributed by atoms with Gasteiger partial charge in [-0.2, -0.15) is 0 Å². The van der Waals surface area contributed by atoms with E-state index in [9.17, 15) is 9.90 Å². The number of phenolic OH excluding ortho intramolecular Hbond substituents is 2. The summed E-state index contributed by atoms with van der Waals surface area (Å²) < 4.78 is 0. The third-order valence-electron chi connectivity index (χ3n) is 2.86. The normalized spacial score (nSPS) is 12.4. The standard InChI is InChI=1S/C13H18O3/c1-3-9(2)4-6-11(14)10-5-7-12(15)13(16)8-10/h5,7-9,15-16H,3-4,6H2,1-2H3. The molecule has 0 saturated carbocycles. The molecule has 1 aromatic carbocycles. The Labute approximate surface area is 95.7 Å². The van der Waals surface area contributed by atoms with Crippen LogP contribution in [0.15, 0.2) is 18.2 Å². The fourth-order valence-electron chi connectivity index (χ4n) is 1.42. The summed E-state index contributed by atoms with van der Waals surface area (Å²) in [5.74, 6) is 0.109. The van der Waals surface area contributed by atoms with Crippen LogP contribution in [0.1, 0.15) is 43.5 Å². The van der Waals surface area contributed by atoms with E-state index in [1.54, 1.807) is 0 Å². The Morgan fingerprint density at radius 1 is 1.31 bits per heavy atom. The number of carbonyl (C=O) groups excluding carboxylic acids is 1. The molecule has 1 unspecified atom stereocenters. The van der Waals surface area contributed by atoms with E-state index in [2.05, 4.69) is 13.8 Å². The SMILES string of the molecule is CCC(C)CCC(=O)c1ccc(O)c(O)c1. The summed E-state index contributed by atoms with van der Waals surface area (Å²) in [7, 11) is 0. The zero-order chi connectivity index (χ0) is 12.1. The second kappa shape index (κ2) is 5.54. The molecular formula is C13H18O3. The first-order valence-electron chi connectivity index (χ1n) is 5.59. The van der Waals surface area contributed by atoms with Crippen LogP contribution in [0.2, 0.25) is 0 Å². The smallest absolute Gasteiger partial charge is 0.163 e. The van der Waals surface area contributed by atoms with E-state index in [-0.39, 0.29) is 17.3 Å². The highest BCUT2D eigenvalue weighted by molar-refractivity contribution is 5.96. The van der Waals surface area contributed by atoms with Gasteiger partial charge in [0.25, 0.3) is 0 Å². The zero-order valence-corrected chi connectivity index (χ0v) is 9.73. The van der Waals surface area contributed by atoms with Gasteiger partial charge in [0.2, 0.25) is 0 Å². The molecule has 1 atom stereocenters. The molecule has 0 fully saturated rings. The first-order valence-corrected chi connectivity index (χ1v) is 5.59. The third kappa shape index (κ3) is 3.26. The number of carbonyl (C=O) groups is 1. The molecular weight excluding hydrogens is 204 g/mol. The van der Waals surface area contributed by atoms with Gasteiger partial charge in [0.05, 0.1) is 0 Å². The molecule has 16 heavy (non-hydrogen) atoms. The summed E-state index contributed by atoms with van der Waals surface area (Å²) in [4.78, 5) is 11.7. The highest BCUT2D eigenvalue weighted by Gasteiger charge is 2.10. The van der Waals surface area contributed by atoms with Gasteiger partial charge >= 0.3 is 0 Å². The van der Waals surface area contributed by atoms with Crippen molar-refractivity contribution < 1.29 is 15.0 Å². The van der Waals surface area contributed by atoms with E-state index in [0.717, 1.165) is 12.8 Å². The fraction of sp³-hybridized carbons (Fsp3) is 0.462. The average Bonchev–Trinajstić information content (AvgIpc) is 2.29. The number of rotatable bonds is 5. The molecule has 0 heterocycles. The summed E-state index contributed by atoms with van der Waals surface area (Å²) >= 11 is 0. The van der Waals surface area contributed by atoms with Gasteiger partial charge in [-0.3, -0.25) is 4.79 Å². The fourth-order valence-corrected chi connectivity index (χ4v) is 1.42. The molecule has 3 nitrogen and oxygen atoms in total. The molecule has 1 aromatic rings. The summed E-state index contributed by atoms with van der Waals surface area (Å²) in [6.07, 6.45) is 2.41. The first-order chi connectivity index (χ1) is 7.54. The molecule has 0 amide bonds. The number of benzene rings is 1. The molecule has 3 heteroatoms. The maximum Gasteiger partial charge on any atom is 0.163 e. The maximum absolute atomic E-state index is 11.7. The molecule has 0 aliphatic heterocycles. The van der Waals surface area contributed by atoms with Crippen molar-refractivity contribution in [1.29, 1.82) is 0 Å². The van der Waals surface area contributed by atoms with Crippen molar-refractivity contribution in [3.8, 4) is 11.5 Å². The highest BCUT2D eigenvalue weighted by Crippen LogP contribution is 2.25. The third-order valence-corrected chi connectivity index (χ3v) is 2.86. The molecule has 0 aliphatic carbocycles. The van der Waals surface area contributed by atoms with Crippen molar-refractivity contribution in [2.45, 2.75) is 33.1 Å². The zero-order valence-electron chi connectivity index (χ0n) is 9.73. The number of aromatic hydroxyl groups is 2. The largest absolute Gasteiger partial charge is 0.504 e. The maximum atomic E-state index is 11.7. The summed E-state index contributed by atoms with van der Waals surface area (Å²) in [5.41, 5.74) is 0.457. The quantitative estimate of drug-likeness (QED) is 0.594. The molecule has 0 spiro atoms. The Morgan fingerprint density at radius 2 is 2.00 bits per heavy atom. The lowest BCUT2D eigenvalue weighted by Crippen LogP contribution is -2.02. The van der Waals surface area contributed by atoms with Crippen molar-refractivity contribution >= 4 is 5.78 Å². The van der Waals surface area contributed by atoms with Gasteiger partial charge in [0.15, 0.2) is 17.3 Å². The summed E-state index contributed by atoms with van der Waals surface area (Å²) in [6, 6.07) is 4.19. The lowest BCUT2D eigenvalue weighted by Gasteiger charge is -2.07. The van der Waals surface area contributed by atoms with Crippen LogP contribution in [0.25, 0.3) is 0 Å². The van der Waals surface area contributed by atoms with Crippen LogP contribution in [0.5, 0.6) is 11.5 Å². The number of ketones is 1. The van der Waals surface area contributed by atoms with Crippen LogP contribution in [0.4, 0.5) is 0 Å². The highest BCUT2D eigenvalue weighted by atomic mass is 16.3. The minimum atomic E-state index is -0.241. The van der Waals surface area contributed by atoms with E-state index < -0.39 is 0 Å². The van der Waals surface area contributed by atoms with E-state index in [0.29, 0.717) is 17.9 Å². The van der Waals surface area contributed by atoms with E-state index in [4.69, 9.17) is 5.11 Å². The Bertz CT molecular complexity index is 371. The molecule has 0 bridgehead atoms. The van der Waals surface area contributed by atoms with E-state index in [1.165, 1.54) is 18.2 Å². The topological polar surface area (TPSA) is 57.5 Å². The van der Waals surface area contributed by atoms with Crippen LogP contribution in [-0.2, 0) is 0 Å².